The highest BCUT2D eigenvalue weighted by molar-refractivity contribution is 5.79. The Labute approximate surface area is 160 Å². The Balaban J connectivity index is 2.03. The summed E-state index contributed by atoms with van der Waals surface area (Å²) >= 11 is 0. The smallest absolute Gasteiger partial charge is 0.387 e. The van der Waals surface area contributed by atoms with Crippen molar-refractivity contribution in [3.8, 4) is 5.75 Å². The van der Waals surface area contributed by atoms with Crippen molar-refractivity contribution in [3.05, 3.63) is 29.3 Å². The number of aliphatic imine (C=N–C) groups is 1. The molecular weight excluding hydrogens is 352 g/mol. The largest absolute Gasteiger partial charge is 0.434 e. The lowest BCUT2D eigenvalue weighted by molar-refractivity contribution is -0.0504. The van der Waals surface area contributed by atoms with Gasteiger partial charge in [-0.05, 0) is 44.6 Å². The topological polar surface area (TPSA) is 54.9 Å². The van der Waals surface area contributed by atoms with Gasteiger partial charge in [0.15, 0.2) is 5.96 Å². The third-order valence-corrected chi connectivity index (χ3v) is 5.07. The maximum Gasteiger partial charge on any atom is 0.387 e. The van der Waals surface area contributed by atoms with Crippen LogP contribution in [0.4, 0.5) is 8.78 Å². The van der Waals surface area contributed by atoms with Gasteiger partial charge >= 0.3 is 6.61 Å². The van der Waals surface area contributed by atoms with Crippen molar-refractivity contribution in [2.75, 3.05) is 26.8 Å². The van der Waals surface area contributed by atoms with Crippen LogP contribution in [0.5, 0.6) is 5.75 Å². The number of hydrogen-bond donors (Lipinski definition) is 2. The molecule has 152 valence electrons. The average Bonchev–Trinajstić information content (AvgIpc) is 2.60. The lowest BCUT2D eigenvalue weighted by atomic mass is 9.67. The van der Waals surface area contributed by atoms with Crippen molar-refractivity contribution >= 4 is 5.96 Å². The van der Waals surface area contributed by atoms with E-state index in [0.29, 0.717) is 11.5 Å². The van der Waals surface area contributed by atoms with E-state index in [-0.39, 0.29) is 17.7 Å². The first kappa shape index (κ1) is 21.4. The SMILES string of the molecule is CCNC(=NCc1cc(C)ccc1OC(F)F)NCC1(CCOC)CCC1. The molecule has 1 fully saturated rings. The maximum absolute atomic E-state index is 12.6. The summed E-state index contributed by atoms with van der Waals surface area (Å²) in [4.78, 5) is 4.57. The first-order valence-corrected chi connectivity index (χ1v) is 9.53. The van der Waals surface area contributed by atoms with Crippen LogP contribution in [0.2, 0.25) is 0 Å². The molecule has 7 heteroatoms. The number of aryl methyl sites for hydroxylation is 1. The highest BCUT2D eigenvalue weighted by atomic mass is 19.3. The maximum atomic E-state index is 12.6. The van der Waals surface area contributed by atoms with Gasteiger partial charge < -0.3 is 20.1 Å². The molecule has 1 aliphatic rings. The molecule has 0 aromatic heterocycles. The van der Waals surface area contributed by atoms with Crippen LogP contribution in [0, 0.1) is 12.3 Å². The van der Waals surface area contributed by atoms with Gasteiger partial charge in [-0.25, -0.2) is 4.99 Å². The van der Waals surface area contributed by atoms with E-state index in [2.05, 4.69) is 20.4 Å². The fraction of sp³-hybridized carbons (Fsp3) is 0.650. The van der Waals surface area contributed by atoms with Crippen molar-refractivity contribution in [1.82, 2.24) is 10.6 Å². The number of ether oxygens (including phenoxy) is 2. The van der Waals surface area contributed by atoms with Gasteiger partial charge in [0.25, 0.3) is 0 Å². The standard InChI is InChI=1S/C20H31F2N3O2/c1-4-23-19(25-14-20(8-5-9-20)10-11-26-3)24-13-16-12-15(2)6-7-17(16)27-18(21)22/h6-7,12,18H,4-5,8-11,13-14H2,1-3H3,(H2,23,24,25). The van der Waals surface area contributed by atoms with E-state index < -0.39 is 6.61 Å². The highest BCUT2D eigenvalue weighted by Crippen LogP contribution is 2.43. The summed E-state index contributed by atoms with van der Waals surface area (Å²) < 4.78 is 35.1. The molecule has 2 N–H and O–H groups in total. The van der Waals surface area contributed by atoms with Crippen LogP contribution >= 0.6 is 0 Å². The molecule has 0 heterocycles. The molecule has 0 unspecified atom stereocenters. The van der Waals surface area contributed by atoms with E-state index in [9.17, 15) is 8.78 Å². The molecular formula is C20H31F2N3O2. The van der Waals surface area contributed by atoms with Gasteiger partial charge in [0.05, 0.1) is 6.54 Å². The monoisotopic (exact) mass is 383 g/mol. The molecule has 0 saturated heterocycles. The number of halogens is 2. The molecule has 0 bridgehead atoms. The summed E-state index contributed by atoms with van der Waals surface area (Å²) in [5, 5.41) is 6.64. The number of alkyl halides is 2. The van der Waals surface area contributed by atoms with E-state index in [1.165, 1.54) is 19.3 Å². The summed E-state index contributed by atoms with van der Waals surface area (Å²) in [6.45, 7) is 3.65. The first-order chi connectivity index (χ1) is 13.0. The molecule has 5 nitrogen and oxygen atoms in total. The number of benzene rings is 1. The summed E-state index contributed by atoms with van der Waals surface area (Å²) in [5.41, 5.74) is 1.89. The summed E-state index contributed by atoms with van der Waals surface area (Å²) in [5.74, 6) is 0.858. The van der Waals surface area contributed by atoms with Crippen LogP contribution in [0.25, 0.3) is 0 Å². The normalized spacial score (nSPS) is 16.1. The summed E-state index contributed by atoms with van der Waals surface area (Å²) in [6, 6.07) is 5.15. The van der Waals surface area contributed by atoms with Gasteiger partial charge in [-0.3, -0.25) is 0 Å². The van der Waals surface area contributed by atoms with E-state index in [4.69, 9.17) is 4.74 Å². The Hall–Kier alpha value is -1.89. The van der Waals surface area contributed by atoms with Gasteiger partial charge in [-0.2, -0.15) is 8.78 Å². The molecule has 1 aromatic rings. The number of guanidine groups is 1. The molecule has 0 amide bonds. The minimum atomic E-state index is -2.85. The molecule has 1 aromatic carbocycles. The Bertz CT molecular complexity index is 619. The number of nitrogens with zero attached hydrogens (tertiary/aromatic N) is 1. The highest BCUT2D eigenvalue weighted by Gasteiger charge is 2.36. The van der Waals surface area contributed by atoms with Gasteiger partial charge in [-0.15, -0.1) is 0 Å². The predicted octanol–water partition coefficient (Wildman–Crippen LogP) is 3.86. The van der Waals surface area contributed by atoms with Crippen LogP contribution < -0.4 is 15.4 Å². The predicted molar refractivity (Wildman–Crippen MR) is 103 cm³/mol. The molecule has 0 radical (unpaired) electrons. The summed E-state index contributed by atoms with van der Waals surface area (Å²) in [6.07, 6.45) is 4.65. The Kier molecular flexibility index (Phi) is 8.28. The second-order valence-corrected chi connectivity index (χ2v) is 7.13. The zero-order valence-electron chi connectivity index (χ0n) is 16.5. The zero-order valence-corrected chi connectivity index (χ0v) is 16.5. The van der Waals surface area contributed by atoms with Gasteiger partial charge in [0.1, 0.15) is 5.75 Å². The van der Waals surface area contributed by atoms with Crippen LogP contribution in [0.15, 0.2) is 23.2 Å². The number of rotatable bonds is 10. The third kappa shape index (κ3) is 6.65. The van der Waals surface area contributed by atoms with Gasteiger partial charge in [0.2, 0.25) is 0 Å². The quantitative estimate of drug-likeness (QED) is 0.476. The molecule has 1 saturated carbocycles. The average molecular weight is 383 g/mol. The minimum absolute atomic E-state index is 0.172. The van der Waals surface area contributed by atoms with E-state index in [1.54, 1.807) is 19.2 Å². The van der Waals surface area contributed by atoms with Crippen LogP contribution in [-0.4, -0.2) is 39.4 Å². The first-order valence-electron chi connectivity index (χ1n) is 9.53. The number of methoxy groups -OCH3 is 1. The van der Waals surface area contributed by atoms with Crippen molar-refractivity contribution in [2.24, 2.45) is 10.4 Å². The molecule has 0 atom stereocenters. The minimum Gasteiger partial charge on any atom is -0.434 e. The van der Waals surface area contributed by atoms with Crippen molar-refractivity contribution in [3.63, 3.8) is 0 Å². The fourth-order valence-electron chi connectivity index (χ4n) is 3.33. The Morgan fingerprint density at radius 2 is 2.07 bits per heavy atom. The molecule has 2 rings (SSSR count). The third-order valence-electron chi connectivity index (χ3n) is 5.07. The number of hydrogen-bond acceptors (Lipinski definition) is 3. The second-order valence-electron chi connectivity index (χ2n) is 7.13. The van der Waals surface area contributed by atoms with Crippen molar-refractivity contribution in [1.29, 1.82) is 0 Å². The van der Waals surface area contributed by atoms with Crippen molar-refractivity contribution < 1.29 is 18.3 Å². The second kappa shape index (κ2) is 10.4. The van der Waals surface area contributed by atoms with Crippen molar-refractivity contribution in [2.45, 2.75) is 52.7 Å². The van der Waals surface area contributed by atoms with Gasteiger partial charge in [0, 0.05) is 32.4 Å². The van der Waals surface area contributed by atoms with E-state index >= 15 is 0 Å². The van der Waals surface area contributed by atoms with Crippen LogP contribution in [-0.2, 0) is 11.3 Å². The molecule has 27 heavy (non-hydrogen) atoms. The lowest BCUT2D eigenvalue weighted by Crippen LogP contribution is -2.47. The zero-order chi connectivity index (χ0) is 19.7. The molecule has 0 aliphatic heterocycles. The van der Waals surface area contributed by atoms with E-state index in [0.717, 1.165) is 31.7 Å². The Morgan fingerprint density at radius 1 is 1.30 bits per heavy atom. The van der Waals surface area contributed by atoms with E-state index in [1.807, 2.05) is 19.9 Å². The van der Waals surface area contributed by atoms with Crippen LogP contribution in [0.1, 0.15) is 43.7 Å². The molecule has 1 aliphatic carbocycles. The van der Waals surface area contributed by atoms with Gasteiger partial charge in [-0.1, -0.05) is 24.1 Å². The fourth-order valence-corrected chi connectivity index (χ4v) is 3.33. The Morgan fingerprint density at radius 3 is 2.67 bits per heavy atom. The number of nitrogens with one attached hydrogen (secondary N) is 2. The summed E-state index contributed by atoms with van der Waals surface area (Å²) in [7, 11) is 1.73. The molecule has 0 spiro atoms. The lowest BCUT2D eigenvalue weighted by Gasteiger charge is -2.42. The van der Waals surface area contributed by atoms with Crippen LogP contribution in [0.3, 0.4) is 0 Å².